The van der Waals surface area contributed by atoms with Gasteiger partial charge in [0.05, 0.1) is 6.61 Å². The summed E-state index contributed by atoms with van der Waals surface area (Å²) in [6.07, 6.45) is 2.38. The molecule has 3 rings (SSSR count). The number of halogens is 1. The highest BCUT2D eigenvalue weighted by atomic mass is 19.1. The molecule has 6 nitrogen and oxygen atoms in total. The molecule has 0 N–H and O–H groups in total. The van der Waals surface area contributed by atoms with E-state index in [4.69, 9.17) is 4.74 Å². The van der Waals surface area contributed by atoms with Crippen LogP contribution in [-0.4, -0.2) is 51.9 Å². The molecule has 1 aromatic carbocycles. The van der Waals surface area contributed by atoms with Crippen LogP contribution in [0.5, 0.6) is 0 Å². The van der Waals surface area contributed by atoms with Crippen molar-refractivity contribution in [1.29, 1.82) is 0 Å². The summed E-state index contributed by atoms with van der Waals surface area (Å²) in [6.45, 7) is 6.65. The number of hydrogen-bond donors (Lipinski definition) is 0. The first kappa shape index (κ1) is 18.5. The molecule has 0 spiro atoms. The fourth-order valence-electron chi connectivity index (χ4n) is 3.22. The van der Waals surface area contributed by atoms with Crippen LogP contribution in [0.4, 0.5) is 4.39 Å². The van der Waals surface area contributed by atoms with Crippen molar-refractivity contribution in [3.8, 4) is 5.69 Å². The summed E-state index contributed by atoms with van der Waals surface area (Å²) in [5.41, 5.74) is 0.318. The average Bonchev–Trinajstić information content (AvgIpc) is 3.27. The van der Waals surface area contributed by atoms with Crippen LogP contribution in [0.3, 0.4) is 0 Å². The smallest absolute Gasteiger partial charge is 0.293 e. The molecule has 0 aliphatic carbocycles. The number of nitrogens with zero attached hydrogens (tertiary/aromatic N) is 4. The molecule has 1 aliphatic heterocycles. The molecular weight excluding hydrogens is 335 g/mol. The van der Waals surface area contributed by atoms with Gasteiger partial charge in [-0.2, -0.15) is 0 Å². The van der Waals surface area contributed by atoms with E-state index in [2.05, 4.69) is 10.1 Å². The van der Waals surface area contributed by atoms with Gasteiger partial charge in [-0.05, 0) is 31.9 Å². The Morgan fingerprint density at radius 2 is 2.15 bits per heavy atom. The number of amides is 1. The molecule has 1 fully saturated rings. The predicted molar refractivity (Wildman–Crippen MR) is 95.8 cm³/mol. The lowest BCUT2D eigenvalue weighted by atomic mass is 10.1. The summed E-state index contributed by atoms with van der Waals surface area (Å²) in [5, 5.41) is 4.33. The normalized spacial score (nSPS) is 17.0. The van der Waals surface area contributed by atoms with Gasteiger partial charge in [-0.3, -0.25) is 4.79 Å². The third-order valence-corrected chi connectivity index (χ3v) is 4.55. The van der Waals surface area contributed by atoms with Gasteiger partial charge in [0.2, 0.25) is 5.82 Å². The van der Waals surface area contributed by atoms with Crippen molar-refractivity contribution in [2.45, 2.75) is 33.1 Å². The number of carbonyl (C=O) groups is 1. The maximum absolute atomic E-state index is 14.2. The van der Waals surface area contributed by atoms with Crippen molar-refractivity contribution < 1.29 is 13.9 Å². The zero-order valence-corrected chi connectivity index (χ0v) is 15.3. The van der Waals surface area contributed by atoms with Crippen LogP contribution in [0.15, 0.2) is 24.3 Å². The number of likely N-dealkylation sites (tertiary alicyclic amines) is 1. The Kier molecular flexibility index (Phi) is 5.98. The lowest BCUT2D eigenvalue weighted by molar-refractivity contribution is 0.0751. The van der Waals surface area contributed by atoms with Gasteiger partial charge in [0.15, 0.2) is 0 Å². The first-order chi connectivity index (χ1) is 12.6. The van der Waals surface area contributed by atoms with Crippen molar-refractivity contribution in [1.82, 2.24) is 19.7 Å². The molecule has 1 aromatic heterocycles. The molecule has 0 radical (unpaired) electrons. The molecule has 1 aliphatic rings. The number of rotatable bonds is 7. The van der Waals surface area contributed by atoms with E-state index in [-0.39, 0.29) is 17.5 Å². The van der Waals surface area contributed by atoms with Gasteiger partial charge in [0, 0.05) is 32.0 Å². The van der Waals surface area contributed by atoms with Crippen LogP contribution in [-0.2, 0) is 11.2 Å². The predicted octanol–water partition coefficient (Wildman–Crippen LogP) is 2.86. The lowest BCUT2D eigenvalue weighted by Gasteiger charge is -2.14. The van der Waals surface area contributed by atoms with E-state index in [0.29, 0.717) is 50.2 Å². The van der Waals surface area contributed by atoms with Crippen LogP contribution in [0.25, 0.3) is 5.69 Å². The minimum atomic E-state index is -0.383. The van der Waals surface area contributed by atoms with Gasteiger partial charge < -0.3 is 9.64 Å². The van der Waals surface area contributed by atoms with Crippen molar-refractivity contribution in [2.75, 3.05) is 26.3 Å². The topological polar surface area (TPSA) is 60.3 Å². The highest BCUT2D eigenvalue weighted by Crippen LogP contribution is 2.20. The molecule has 0 bridgehead atoms. The largest absolute Gasteiger partial charge is 0.381 e. The molecular formula is C19H25FN4O2. The average molecular weight is 360 g/mol. The molecule has 140 valence electrons. The van der Waals surface area contributed by atoms with Crippen molar-refractivity contribution in [3.63, 3.8) is 0 Å². The second-order valence-electron chi connectivity index (χ2n) is 6.53. The fourth-order valence-corrected chi connectivity index (χ4v) is 3.22. The monoisotopic (exact) mass is 360 g/mol. The van der Waals surface area contributed by atoms with E-state index in [9.17, 15) is 9.18 Å². The van der Waals surface area contributed by atoms with E-state index < -0.39 is 0 Å². The number of ether oxygens (including phenoxy) is 1. The Labute approximate surface area is 153 Å². The molecule has 1 atom stereocenters. The molecule has 26 heavy (non-hydrogen) atoms. The van der Waals surface area contributed by atoms with Gasteiger partial charge in [0.25, 0.3) is 5.91 Å². The lowest BCUT2D eigenvalue weighted by Crippen LogP contribution is -2.30. The Bertz CT molecular complexity index is 762. The Balaban J connectivity index is 1.81. The van der Waals surface area contributed by atoms with Gasteiger partial charge in [-0.25, -0.2) is 14.1 Å². The Hall–Kier alpha value is -2.28. The number of carbonyl (C=O) groups excluding carboxylic acids is 1. The Morgan fingerprint density at radius 3 is 2.88 bits per heavy atom. The summed E-state index contributed by atoms with van der Waals surface area (Å²) in [4.78, 5) is 19.0. The van der Waals surface area contributed by atoms with Gasteiger partial charge in [-0.15, -0.1) is 5.10 Å². The SMILES string of the molecule is CCCc1nc(C(=O)N2CCC(COCC)C2)nn1-c1ccccc1F. The quantitative estimate of drug-likeness (QED) is 0.762. The molecule has 2 heterocycles. The summed E-state index contributed by atoms with van der Waals surface area (Å²) in [6, 6.07) is 6.40. The Morgan fingerprint density at radius 1 is 1.35 bits per heavy atom. The standard InChI is InChI=1S/C19H25FN4O2/c1-3-7-17-21-18(22-24(17)16-9-6-5-8-15(16)20)19(25)23-11-10-14(12-23)13-26-4-2/h5-6,8-9,14H,3-4,7,10-13H2,1-2H3. The molecule has 1 saturated heterocycles. The number of hydrogen-bond acceptors (Lipinski definition) is 4. The maximum Gasteiger partial charge on any atom is 0.293 e. The van der Waals surface area contributed by atoms with Gasteiger partial charge in [-0.1, -0.05) is 19.1 Å². The second-order valence-corrected chi connectivity index (χ2v) is 6.53. The van der Waals surface area contributed by atoms with Crippen LogP contribution in [0, 0.1) is 11.7 Å². The van der Waals surface area contributed by atoms with Crippen molar-refractivity contribution in [2.24, 2.45) is 5.92 Å². The molecule has 2 aromatic rings. The first-order valence-corrected chi connectivity index (χ1v) is 9.21. The fraction of sp³-hybridized carbons (Fsp3) is 0.526. The van der Waals surface area contributed by atoms with E-state index >= 15 is 0 Å². The number of aryl methyl sites for hydroxylation is 1. The van der Waals surface area contributed by atoms with Crippen molar-refractivity contribution >= 4 is 5.91 Å². The zero-order chi connectivity index (χ0) is 18.5. The molecule has 1 unspecified atom stereocenters. The zero-order valence-electron chi connectivity index (χ0n) is 15.3. The summed E-state index contributed by atoms with van der Waals surface area (Å²) >= 11 is 0. The third kappa shape index (κ3) is 3.93. The number of benzene rings is 1. The molecule has 1 amide bonds. The number of para-hydroxylation sites is 1. The van der Waals surface area contributed by atoms with Crippen LogP contribution in [0.1, 0.15) is 43.1 Å². The van der Waals surface area contributed by atoms with Gasteiger partial charge in [0.1, 0.15) is 17.3 Å². The van der Waals surface area contributed by atoms with Crippen molar-refractivity contribution in [3.05, 3.63) is 41.7 Å². The van der Waals surface area contributed by atoms with E-state index in [1.807, 2.05) is 13.8 Å². The minimum absolute atomic E-state index is 0.133. The molecule has 0 saturated carbocycles. The highest BCUT2D eigenvalue weighted by molar-refractivity contribution is 5.90. The minimum Gasteiger partial charge on any atom is -0.381 e. The summed E-state index contributed by atoms with van der Waals surface area (Å²) in [7, 11) is 0. The first-order valence-electron chi connectivity index (χ1n) is 9.21. The van der Waals surface area contributed by atoms with E-state index in [1.54, 1.807) is 23.1 Å². The van der Waals surface area contributed by atoms with Crippen LogP contribution < -0.4 is 0 Å². The maximum atomic E-state index is 14.2. The highest BCUT2D eigenvalue weighted by Gasteiger charge is 2.30. The van der Waals surface area contributed by atoms with E-state index in [1.165, 1.54) is 10.7 Å². The summed E-state index contributed by atoms with van der Waals surface area (Å²) in [5.74, 6) is 0.505. The van der Waals surface area contributed by atoms with E-state index in [0.717, 1.165) is 12.8 Å². The molecule has 7 heteroatoms. The third-order valence-electron chi connectivity index (χ3n) is 4.55. The van der Waals surface area contributed by atoms with Crippen LogP contribution >= 0.6 is 0 Å². The summed E-state index contributed by atoms with van der Waals surface area (Å²) < 4.78 is 21.1. The number of aromatic nitrogens is 3. The van der Waals surface area contributed by atoms with Crippen LogP contribution in [0.2, 0.25) is 0 Å². The van der Waals surface area contributed by atoms with Gasteiger partial charge >= 0.3 is 0 Å². The second kappa shape index (κ2) is 8.40.